The Bertz CT molecular complexity index is 403. The number of hydrogen-bond acceptors (Lipinski definition) is 1. The molecule has 2 heteroatoms. The van der Waals surface area contributed by atoms with E-state index < -0.39 is 0 Å². The van der Waals surface area contributed by atoms with Gasteiger partial charge in [0.2, 0.25) is 0 Å². The Hall–Kier alpha value is -0.890. The largest absolute Gasteiger partial charge is 0.358 e. The lowest BCUT2D eigenvalue weighted by molar-refractivity contribution is 1.28. The average Bonchev–Trinajstić information content (AvgIpc) is 2.44. The summed E-state index contributed by atoms with van der Waals surface area (Å²) in [5.74, 6) is 0. The molecule has 62 valence electrons. The SMILES string of the molecule is CSc1cccc2cc(C)[nH]c12. The molecule has 1 heterocycles. The first-order valence-electron chi connectivity index (χ1n) is 3.93. The van der Waals surface area contributed by atoms with Gasteiger partial charge in [0.1, 0.15) is 0 Å². The third-order valence-electron chi connectivity index (χ3n) is 1.97. The molecule has 0 saturated heterocycles. The van der Waals surface area contributed by atoms with Crippen LogP contribution in [0.1, 0.15) is 5.69 Å². The molecule has 1 aromatic heterocycles. The van der Waals surface area contributed by atoms with E-state index in [-0.39, 0.29) is 0 Å². The van der Waals surface area contributed by atoms with Crippen molar-refractivity contribution >= 4 is 22.7 Å². The van der Waals surface area contributed by atoms with Crippen molar-refractivity contribution in [3.63, 3.8) is 0 Å². The first kappa shape index (κ1) is 7.74. The van der Waals surface area contributed by atoms with E-state index in [1.54, 1.807) is 11.8 Å². The number of H-pyrrole nitrogens is 1. The lowest BCUT2D eigenvalue weighted by Gasteiger charge is -1.96. The second-order valence-electron chi connectivity index (χ2n) is 2.88. The van der Waals surface area contributed by atoms with Crippen molar-refractivity contribution in [2.45, 2.75) is 11.8 Å². The van der Waals surface area contributed by atoms with Gasteiger partial charge in [-0.25, -0.2) is 0 Å². The third kappa shape index (κ3) is 1.12. The van der Waals surface area contributed by atoms with Crippen molar-refractivity contribution in [1.82, 2.24) is 4.98 Å². The second kappa shape index (κ2) is 2.87. The maximum absolute atomic E-state index is 3.36. The quantitative estimate of drug-likeness (QED) is 0.661. The van der Waals surface area contributed by atoms with E-state index in [0.29, 0.717) is 0 Å². The van der Waals surface area contributed by atoms with E-state index in [4.69, 9.17) is 0 Å². The summed E-state index contributed by atoms with van der Waals surface area (Å²) in [7, 11) is 0. The zero-order valence-electron chi connectivity index (χ0n) is 7.22. The molecule has 0 aliphatic carbocycles. The number of aromatic amines is 1. The molecule has 0 atom stereocenters. The maximum atomic E-state index is 3.36. The smallest absolute Gasteiger partial charge is 0.0594 e. The number of benzene rings is 1. The fraction of sp³-hybridized carbons (Fsp3) is 0.200. The Morgan fingerprint density at radius 3 is 2.92 bits per heavy atom. The molecule has 2 rings (SSSR count). The molecule has 0 aliphatic rings. The molecular formula is C10H11NS. The second-order valence-corrected chi connectivity index (χ2v) is 3.72. The molecule has 1 nitrogen and oxygen atoms in total. The van der Waals surface area contributed by atoms with E-state index in [9.17, 15) is 0 Å². The van der Waals surface area contributed by atoms with E-state index in [1.165, 1.54) is 21.5 Å². The van der Waals surface area contributed by atoms with Crippen LogP contribution in [0.4, 0.5) is 0 Å². The Labute approximate surface area is 76.2 Å². The molecule has 2 aromatic rings. The zero-order chi connectivity index (χ0) is 8.55. The minimum absolute atomic E-state index is 1.23. The summed E-state index contributed by atoms with van der Waals surface area (Å²) < 4.78 is 0. The standard InChI is InChI=1S/C10H11NS/c1-7-6-8-4-3-5-9(12-2)10(8)11-7/h3-6,11H,1-2H3. The molecule has 0 fully saturated rings. The van der Waals surface area contributed by atoms with Crippen LogP contribution in [-0.4, -0.2) is 11.2 Å². The molecule has 0 radical (unpaired) electrons. The third-order valence-corrected chi connectivity index (χ3v) is 2.75. The first-order chi connectivity index (χ1) is 5.81. The summed E-state index contributed by atoms with van der Waals surface area (Å²) in [5, 5.41) is 1.30. The van der Waals surface area contributed by atoms with Crippen molar-refractivity contribution in [2.24, 2.45) is 0 Å². The number of fused-ring (bicyclic) bond motifs is 1. The van der Waals surface area contributed by atoms with Crippen LogP contribution >= 0.6 is 11.8 Å². The van der Waals surface area contributed by atoms with Crippen LogP contribution in [0.5, 0.6) is 0 Å². The van der Waals surface area contributed by atoms with Gasteiger partial charge in [-0.2, -0.15) is 0 Å². The predicted octanol–water partition coefficient (Wildman–Crippen LogP) is 3.20. The maximum Gasteiger partial charge on any atom is 0.0594 e. The topological polar surface area (TPSA) is 15.8 Å². The van der Waals surface area contributed by atoms with Crippen LogP contribution in [0.2, 0.25) is 0 Å². The number of thioether (sulfide) groups is 1. The van der Waals surface area contributed by atoms with Gasteiger partial charge in [0.05, 0.1) is 5.52 Å². The lowest BCUT2D eigenvalue weighted by Crippen LogP contribution is -1.73. The van der Waals surface area contributed by atoms with E-state index in [0.717, 1.165) is 0 Å². The van der Waals surface area contributed by atoms with Crippen molar-refractivity contribution in [3.8, 4) is 0 Å². The summed E-state index contributed by atoms with van der Waals surface area (Å²) in [5.41, 5.74) is 2.49. The number of para-hydroxylation sites is 1. The molecule has 0 amide bonds. The summed E-state index contributed by atoms with van der Waals surface area (Å²) in [4.78, 5) is 4.68. The van der Waals surface area contributed by atoms with E-state index >= 15 is 0 Å². The minimum Gasteiger partial charge on any atom is -0.358 e. The lowest BCUT2D eigenvalue weighted by atomic mass is 10.2. The van der Waals surface area contributed by atoms with Crippen LogP contribution in [0.3, 0.4) is 0 Å². The number of rotatable bonds is 1. The zero-order valence-corrected chi connectivity index (χ0v) is 8.03. The Balaban J connectivity index is 2.78. The molecule has 0 spiro atoms. The Morgan fingerprint density at radius 2 is 2.17 bits per heavy atom. The number of aryl methyl sites for hydroxylation is 1. The van der Waals surface area contributed by atoms with Gasteiger partial charge in [-0.15, -0.1) is 11.8 Å². The van der Waals surface area contributed by atoms with Crippen LogP contribution in [0, 0.1) is 6.92 Å². The van der Waals surface area contributed by atoms with E-state index in [2.05, 4.69) is 42.4 Å². The van der Waals surface area contributed by atoms with Crippen molar-refractivity contribution in [1.29, 1.82) is 0 Å². The summed E-state index contributed by atoms with van der Waals surface area (Å²) in [6, 6.07) is 8.55. The highest BCUT2D eigenvalue weighted by molar-refractivity contribution is 7.98. The van der Waals surface area contributed by atoms with Gasteiger partial charge in [-0.05, 0) is 25.3 Å². The molecule has 0 bridgehead atoms. The van der Waals surface area contributed by atoms with Crippen LogP contribution in [0.25, 0.3) is 10.9 Å². The van der Waals surface area contributed by atoms with Crippen LogP contribution in [0.15, 0.2) is 29.2 Å². The summed E-state index contributed by atoms with van der Waals surface area (Å²) in [6.45, 7) is 2.09. The number of hydrogen-bond donors (Lipinski definition) is 1. The highest BCUT2D eigenvalue weighted by Crippen LogP contribution is 2.25. The summed E-state index contributed by atoms with van der Waals surface area (Å²) in [6.07, 6.45) is 2.10. The van der Waals surface area contributed by atoms with Gasteiger partial charge in [0.25, 0.3) is 0 Å². The van der Waals surface area contributed by atoms with Crippen molar-refractivity contribution < 1.29 is 0 Å². The normalized spacial score (nSPS) is 10.8. The molecule has 0 unspecified atom stereocenters. The molecule has 1 N–H and O–H groups in total. The van der Waals surface area contributed by atoms with Crippen LogP contribution in [-0.2, 0) is 0 Å². The van der Waals surface area contributed by atoms with Gasteiger partial charge in [-0.3, -0.25) is 0 Å². The van der Waals surface area contributed by atoms with Gasteiger partial charge >= 0.3 is 0 Å². The average molecular weight is 177 g/mol. The Morgan fingerprint density at radius 1 is 1.33 bits per heavy atom. The van der Waals surface area contributed by atoms with Gasteiger partial charge in [0, 0.05) is 16.0 Å². The molecule has 0 aliphatic heterocycles. The molecule has 0 saturated carbocycles. The monoisotopic (exact) mass is 177 g/mol. The van der Waals surface area contributed by atoms with E-state index in [1.807, 2.05) is 0 Å². The highest BCUT2D eigenvalue weighted by Gasteiger charge is 2.00. The molecular weight excluding hydrogens is 166 g/mol. The minimum atomic E-state index is 1.23. The van der Waals surface area contributed by atoms with Crippen molar-refractivity contribution in [3.05, 3.63) is 30.0 Å². The number of aromatic nitrogens is 1. The van der Waals surface area contributed by atoms with Gasteiger partial charge in [0.15, 0.2) is 0 Å². The Kier molecular flexibility index (Phi) is 1.85. The highest BCUT2D eigenvalue weighted by atomic mass is 32.2. The summed E-state index contributed by atoms with van der Waals surface area (Å²) >= 11 is 1.78. The molecule has 12 heavy (non-hydrogen) atoms. The number of nitrogens with one attached hydrogen (secondary N) is 1. The molecule has 1 aromatic carbocycles. The van der Waals surface area contributed by atoms with Gasteiger partial charge < -0.3 is 4.98 Å². The fourth-order valence-electron chi connectivity index (χ4n) is 1.44. The van der Waals surface area contributed by atoms with Gasteiger partial charge in [-0.1, -0.05) is 12.1 Å². The first-order valence-corrected chi connectivity index (χ1v) is 5.16. The fourth-order valence-corrected chi connectivity index (χ4v) is 2.03. The van der Waals surface area contributed by atoms with Crippen molar-refractivity contribution in [2.75, 3.05) is 6.26 Å². The van der Waals surface area contributed by atoms with Crippen LogP contribution < -0.4 is 0 Å². The predicted molar refractivity (Wildman–Crippen MR) is 54.8 cm³/mol.